The quantitative estimate of drug-likeness (QED) is 0.447. The van der Waals surface area contributed by atoms with Crippen LogP contribution in [0.2, 0.25) is 0 Å². The number of hydrogen-bond acceptors (Lipinski definition) is 4. The van der Waals surface area contributed by atoms with Crippen LogP contribution in [0.4, 0.5) is 0 Å². The van der Waals surface area contributed by atoms with Gasteiger partial charge in [0.25, 0.3) is 0 Å². The van der Waals surface area contributed by atoms with E-state index < -0.39 is 0 Å². The third-order valence-corrected chi connectivity index (χ3v) is 2.43. The minimum Gasteiger partial charge on any atom is -0.503 e. The number of hydrogen-bond donors (Lipinski definition) is 3. The maximum absolute atomic E-state index is 9.69. The average Bonchev–Trinajstić information content (AvgIpc) is 2.25. The molecule has 0 aliphatic heterocycles. The molecule has 0 heterocycles. The van der Waals surface area contributed by atoms with Crippen molar-refractivity contribution in [3.8, 4) is 11.5 Å². The Bertz CT molecular complexity index is 451. The van der Waals surface area contributed by atoms with Gasteiger partial charge in [-0.05, 0) is 52.8 Å². The van der Waals surface area contributed by atoms with Gasteiger partial charge in [-0.25, -0.2) is 0 Å². The molecule has 0 radical (unpaired) electrons. The molecule has 7 heteroatoms. The number of ether oxygens (including phenoxy) is 1. The largest absolute Gasteiger partial charge is 0.503 e. The van der Waals surface area contributed by atoms with Crippen molar-refractivity contribution in [2.24, 2.45) is 10.8 Å². The highest BCUT2D eigenvalue weighted by Crippen LogP contribution is 2.34. The van der Waals surface area contributed by atoms with E-state index in [1.54, 1.807) is 12.1 Å². The van der Waals surface area contributed by atoms with Gasteiger partial charge in [-0.3, -0.25) is 5.43 Å². The van der Waals surface area contributed by atoms with Gasteiger partial charge in [0.1, 0.15) is 0 Å². The number of nitrogens with two attached hydrogens (primary N) is 1. The van der Waals surface area contributed by atoms with Crippen molar-refractivity contribution in [3.05, 3.63) is 22.2 Å². The van der Waals surface area contributed by atoms with E-state index in [-0.39, 0.29) is 10.9 Å². The highest BCUT2D eigenvalue weighted by Gasteiger charge is 2.08. The number of aromatic hydroxyl groups is 1. The van der Waals surface area contributed by atoms with Gasteiger partial charge in [0, 0.05) is 0 Å². The minimum atomic E-state index is 0.0614. The number of hydrazone groups is 1. The molecule has 0 aliphatic carbocycles. The molecule has 0 saturated heterocycles. The molecule has 0 bridgehead atoms. The Morgan fingerprint density at radius 1 is 1.71 bits per heavy atom. The summed E-state index contributed by atoms with van der Waals surface area (Å²) in [5.41, 5.74) is 8.40. The smallest absolute Gasteiger partial charge is 0.184 e. The fraction of sp³-hybridized carbons (Fsp3) is 0.200. The highest BCUT2D eigenvalue weighted by molar-refractivity contribution is 9.10. The summed E-state index contributed by atoms with van der Waals surface area (Å²) in [7, 11) is 0. The Kier molecular flexibility index (Phi) is 5.17. The van der Waals surface area contributed by atoms with Crippen molar-refractivity contribution in [1.82, 2.24) is 5.43 Å². The standard InChI is InChI=1S/C10H12BrN3O2S/c1-2-16-8-4-6(3-7(11)9(8)15)5-13-14-10(12)17/h3-5,15H,2H2,1H3,(H3,12,14,17)/b13-5+. The van der Waals surface area contributed by atoms with Crippen LogP contribution in [-0.2, 0) is 0 Å². The molecule has 92 valence electrons. The second-order valence-corrected chi connectivity index (χ2v) is 4.31. The first-order valence-corrected chi connectivity index (χ1v) is 5.98. The number of phenols is 1. The van der Waals surface area contributed by atoms with Crippen LogP contribution in [0.5, 0.6) is 11.5 Å². The topological polar surface area (TPSA) is 79.9 Å². The van der Waals surface area contributed by atoms with Gasteiger partial charge < -0.3 is 15.6 Å². The predicted molar refractivity (Wildman–Crippen MR) is 74.5 cm³/mol. The van der Waals surface area contributed by atoms with Gasteiger partial charge in [0.2, 0.25) is 0 Å². The predicted octanol–water partition coefficient (Wildman–Crippen LogP) is 1.72. The van der Waals surface area contributed by atoms with E-state index in [0.717, 1.165) is 5.56 Å². The summed E-state index contributed by atoms with van der Waals surface area (Å²) in [4.78, 5) is 0. The summed E-state index contributed by atoms with van der Waals surface area (Å²) in [6.45, 7) is 2.30. The molecule has 1 aromatic rings. The second kappa shape index (κ2) is 6.41. The first-order valence-electron chi connectivity index (χ1n) is 4.78. The summed E-state index contributed by atoms with van der Waals surface area (Å²) in [5, 5.41) is 13.6. The fourth-order valence-electron chi connectivity index (χ4n) is 1.10. The Balaban J connectivity index is 2.93. The Morgan fingerprint density at radius 3 is 3.00 bits per heavy atom. The maximum atomic E-state index is 9.69. The number of nitrogens with one attached hydrogen (secondary N) is 1. The number of nitrogens with zero attached hydrogens (tertiary/aromatic N) is 1. The third kappa shape index (κ3) is 4.20. The first-order chi connectivity index (χ1) is 8.04. The number of benzene rings is 1. The molecule has 17 heavy (non-hydrogen) atoms. The van der Waals surface area contributed by atoms with Crippen LogP contribution in [0.1, 0.15) is 12.5 Å². The molecule has 0 aliphatic rings. The van der Waals surface area contributed by atoms with Crippen molar-refractivity contribution in [3.63, 3.8) is 0 Å². The number of thiocarbonyl (C=S) groups is 1. The van der Waals surface area contributed by atoms with Crippen LogP contribution in [0.3, 0.4) is 0 Å². The van der Waals surface area contributed by atoms with E-state index in [0.29, 0.717) is 16.8 Å². The molecule has 4 N–H and O–H groups in total. The van der Waals surface area contributed by atoms with E-state index in [1.165, 1.54) is 6.21 Å². The number of rotatable bonds is 4. The van der Waals surface area contributed by atoms with Crippen LogP contribution in [-0.4, -0.2) is 23.0 Å². The Hall–Kier alpha value is -1.34. The normalized spacial score (nSPS) is 10.5. The maximum Gasteiger partial charge on any atom is 0.184 e. The second-order valence-electron chi connectivity index (χ2n) is 3.02. The third-order valence-electron chi connectivity index (χ3n) is 1.74. The van der Waals surface area contributed by atoms with Crippen LogP contribution in [0.15, 0.2) is 21.7 Å². The molecule has 1 aromatic carbocycles. The fourth-order valence-corrected chi connectivity index (χ4v) is 1.62. The van der Waals surface area contributed by atoms with E-state index in [2.05, 4.69) is 38.7 Å². The summed E-state index contributed by atoms with van der Waals surface area (Å²) in [6.07, 6.45) is 1.52. The molecule has 5 nitrogen and oxygen atoms in total. The van der Waals surface area contributed by atoms with Crippen LogP contribution >= 0.6 is 28.1 Å². The minimum absolute atomic E-state index is 0.0614. The monoisotopic (exact) mass is 317 g/mol. The van der Waals surface area contributed by atoms with E-state index in [9.17, 15) is 5.11 Å². The van der Waals surface area contributed by atoms with Gasteiger partial charge >= 0.3 is 0 Å². The lowest BCUT2D eigenvalue weighted by atomic mass is 10.2. The highest BCUT2D eigenvalue weighted by atomic mass is 79.9. The van der Waals surface area contributed by atoms with Crippen LogP contribution in [0, 0.1) is 0 Å². The van der Waals surface area contributed by atoms with Crippen LogP contribution in [0.25, 0.3) is 0 Å². The summed E-state index contributed by atoms with van der Waals surface area (Å²) >= 11 is 7.83. The molecule has 0 spiro atoms. The van der Waals surface area contributed by atoms with Gasteiger partial charge in [0.05, 0.1) is 17.3 Å². The first kappa shape index (κ1) is 13.7. The molecule has 0 unspecified atom stereocenters. The number of halogens is 1. The summed E-state index contributed by atoms with van der Waals surface area (Å²) in [6, 6.07) is 3.36. The van der Waals surface area contributed by atoms with Crippen molar-refractivity contribution in [2.45, 2.75) is 6.92 Å². The average molecular weight is 318 g/mol. The summed E-state index contributed by atoms with van der Waals surface area (Å²) < 4.78 is 5.80. The zero-order chi connectivity index (χ0) is 12.8. The van der Waals surface area contributed by atoms with Crippen molar-refractivity contribution >= 4 is 39.5 Å². The van der Waals surface area contributed by atoms with E-state index >= 15 is 0 Å². The Morgan fingerprint density at radius 2 is 2.41 bits per heavy atom. The number of phenolic OH excluding ortho intramolecular Hbond substituents is 1. The lowest BCUT2D eigenvalue weighted by molar-refractivity contribution is 0.317. The van der Waals surface area contributed by atoms with E-state index in [1.807, 2.05) is 6.92 Å². The lowest BCUT2D eigenvalue weighted by Crippen LogP contribution is -2.23. The van der Waals surface area contributed by atoms with E-state index in [4.69, 9.17) is 10.5 Å². The van der Waals surface area contributed by atoms with Gasteiger partial charge in [-0.1, -0.05) is 0 Å². The molecular formula is C10H12BrN3O2S. The van der Waals surface area contributed by atoms with Gasteiger partial charge in [-0.2, -0.15) is 5.10 Å². The lowest BCUT2D eigenvalue weighted by Gasteiger charge is -2.08. The van der Waals surface area contributed by atoms with Crippen molar-refractivity contribution < 1.29 is 9.84 Å². The molecule has 1 rings (SSSR count). The zero-order valence-electron chi connectivity index (χ0n) is 9.11. The van der Waals surface area contributed by atoms with Crippen LogP contribution < -0.4 is 15.9 Å². The molecule has 0 atom stereocenters. The molecule has 0 amide bonds. The zero-order valence-corrected chi connectivity index (χ0v) is 11.5. The molecule has 0 fully saturated rings. The van der Waals surface area contributed by atoms with Gasteiger partial charge in [-0.15, -0.1) is 0 Å². The van der Waals surface area contributed by atoms with Crippen molar-refractivity contribution in [2.75, 3.05) is 6.61 Å². The SMILES string of the molecule is CCOc1cc(/C=N/NC(N)=S)cc(Br)c1O. The van der Waals surface area contributed by atoms with Crippen molar-refractivity contribution in [1.29, 1.82) is 0 Å². The molecular weight excluding hydrogens is 306 g/mol. The molecule has 0 aromatic heterocycles. The Labute approximate surface area is 113 Å². The summed E-state index contributed by atoms with van der Waals surface area (Å²) in [5.74, 6) is 0.449. The van der Waals surface area contributed by atoms with Gasteiger partial charge in [0.15, 0.2) is 16.6 Å². The molecule has 0 saturated carbocycles.